The molecule has 1 aromatic heterocycles. The van der Waals surface area contributed by atoms with E-state index in [0.29, 0.717) is 23.9 Å². The number of benzene rings is 1. The van der Waals surface area contributed by atoms with Gasteiger partial charge in [0.05, 0.1) is 11.1 Å². The van der Waals surface area contributed by atoms with Gasteiger partial charge in [-0.3, -0.25) is 9.78 Å². The van der Waals surface area contributed by atoms with E-state index < -0.39 is 0 Å². The van der Waals surface area contributed by atoms with Gasteiger partial charge in [0, 0.05) is 36.8 Å². The number of pyridine rings is 1. The standard InChI is InChI=1S/C18H19N3O/c22-18(12-5-1-3-11-4-2-8-20-17(11)12)21-15-6-7-16(21)14-10-19-9-13(14)15/h1-5,8,13-16,19H,6-7,9-10H2/t13-,14+,15-,16+. The molecule has 4 heteroatoms. The second-order valence-corrected chi connectivity index (χ2v) is 6.79. The Morgan fingerprint density at radius 3 is 2.59 bits per heavy atom. The summed E-state index contributed by atoms with van der Waals surface area (Å²) in [6.07, 6.45) is 4.10. The molecule has 3 aliphatic heterocycles. The van der Waals surface area contributed by atoms with Crippen LogP contribution in [0.1, 0.15) is 23.2 Å². The van der Waals surface area contributed by atoms with Crippen LogP contribution in [0.5, 0.6) is 0 Å². The molecular weight excluding hydrogens is 274 g/mol. The molecule has 1 N–H and O–H groups in total. The number of para-hydroxylation sites is 1. The predicted octanol–water partition coefficient (Wildman–Crippen LogP) is 2.06. The van der Waals surface area contributed by atoms with Crippen LogP contribution in [0.4, 0.5) is 0 Å². The number of nitrogens with zero attached hydrogens (tertiary/aromatic N) is 2. The maximum Gasteiger partial charge on any atom is 0.256 e. The predicted molar refractivity (Wildman–Crippen MR) is 84.6 cm³/mol. The van der Waals surface area contributed by atoms with Crippen LogP contribution in [0.25, 0.3) is 10.9 Å². The molecule has 0 aliphatic carbocycles. The van der Waals surface area contributed by atoms with Gasteiger partial charge in [0.2, 0.25) is 0 Å². The summed E-state index contributed by atoms with van der Waals surface area (Å²) < 4.78 is 0. The summed E-state index contributed by atoms with van der Waals surface area (Å²) in [5.74, 6) is 1.50. The lowest BCUT2D eigenvalue weighted by atomic mass is 9.82. The molecule has 4 heterocycles. The van der Waals surface area contributed by atoms with Crippen LogP contribution in [-0.2, 0) is 0 Å². The van der Waals surface area contributed by atoms with E-state index in [4.69, 9.17) is 0 Å². The molecule has 1 amide bonds. The zero-order valence-electron chi connectivity index (χ0n) is 12.4. The van der Waals surface area contributed by atoms with E-state index in [-0.39, 0.29) is 5.91 Å². The lowest BCUT2D eigenvalue weighted by molar-refractivity contribution is 0.0711. The molecule has 4 atom stereocenters. The maximum absolute atomic E-state index is 13.2. The number of carbonyl (C=O) groups excluding carboxylic acids is 1. The molecule has 4 nitrogen and oxygen atoms in total. The van der Waals surface area contributed by atoms with Gasteiger partial charge in [-0.2, -0.15) is 0 Å². The third-order valence-electron chi connectivity index (χ3n) is 5.87. The number of nitrogens with one attached hydrogen (secondary N) is 1. The molecule has 112 valence electrons. The smallest absolute Gasteiger partial charge is 0.256 e. The Morgan fingerprint density at radius 1 is 1.09 bits per heavy atom. The van der Waals surface area contributed by atoms with Crippen molar-refractivity contribution in [2.45, 2.75) is 24.9 Å². The van der Waals surface area contributed by atoms with Crippen LogP contribution in [-0.4, -0.2) is 41.0 Å². The Kier molecular flexibility index (Phi) is 2.59. The van der Waals surface area contributed by atoms with Gasteiger partial charge in [-0.05, 0) is 36.8 Å². The van der Waals surface area contributed by atoms with Gasteiger partial charge in [-0.25, -0.2) is 0 Å². The average Bonchev–Trinajstić information content (AvgIpc) is 3.25. The van der Waals surface area contributed by atoms with Gasteiger partial charge in [0.1, 0.15) is 0 Å². The summed E-state index contributed by atoms with van der Waals surface area (Å²) in [7, 11) is 0. The van der Waals surface area contributed by atoms with Crippen molar-refractivity contribution in [1.82, 2.24) is 15.2 Å². The third-order valence-corrected chi connectivity index (χ3v) is 5.87. The molecule has 3 aliphatic rings. The fourth-order valence-electron chi connectivity index (χ4n) is 4.99. The normalized spacial score (nSPS) is 32.6. The van der Waals surface area contributed by atoms with Crippen molar-refractivity contribution < 1.29 is 4.79 Å². The number of hydrogen-bond acceptors (Lipinski definition) is 3. The highest BCUT2D eigenvalue weighted by molar-refractivity contribution is 6.05. The number of hydrogen-bond donors (Lipinski definition) is 1. The van der Waals surface area contributed by atoms with Gasteiger partial charge < -0.3 is 10.2 Å². The van der Waals surface area contributed by atoms with Crippen LogP contribution < -0.4 is 5.32 Å². The van der Waals surface area contributed by atoms with E-state index in [1.807, 2.05) is 30.3 Å². The van der Waals surface area contributed by atoms with E-state index in [1.165, 1.54) is 0 Å². The summed E-state index contributed by atoms with van der Waals surface area (Å²) in [5, 5.41) is 4.55. The summed E-state index contributed by atoms with van der Waals surface area (Å²) in [6, 6.07) is 10.7. The fourth-order valence-corrected chi connectivity index (χ4v) is 4.99. The number of rotatable bonds is 1. The highest BCUT2D eigenvalue weighted by Gasteiger charge is 2.56. The van der Waals surface area contributed by atoms with Crippen molar-refractivity contribution in [2.24, 2.45) is 11.8 Å². The van der Waals surface area contributed by atoms with E-state index in [2.05, 4.69) is 15.2 Å². The van der Waals surface area contributed by atoms with Gasteiger partial charge in [-0.1, -0.05) is 18.2 Å². The molecule has 0 unspecified atom stereocenters. The zero-order valence-corrected chi connectivity index (χ0v) is 12.4. The summed E-state index contributed by atoms with van der Waals surface area (Å²) in [6.45, 7) is 2.15. The first-order valence-electron chi connectivity index (χ1n) is 8.22. The van der Waals surface area contributed by atoms with E-state index >= 15 is 0 Å². The van der Waals surface area contributed by atoms with Crippen LogP contribution >= 0.6 is 0 Å². The van der Waals surface area contributed by atoms with Crippen LogP contribution in [0.15, 0.2) is 36.5 Å². The first-order chi connectivity index (χ1) is 10.8. The second-order valence-electron chi connectivity index (χ2n) is 6.79. The van der Waals surface area contributed by atoms with Crippen molar-refractivity contribution in [1.29, 1.82) is 0 Å². The van der Waals surface area contributed by atoms with Gasteiger partial charge in [0.25, 0.3) is 5.91 Å². The lowest BCUT2D eigenvalue weighted by Crippen LogP contribution is -2.39. The zero-order chi connectivity index (χ0) is 14.7. The molecule has 3 saturated heterocycles. The topological polar surface area (TPSA) is 45.2 Å². The Morgan fingerprint density at radius 2 is 1.82 bits per heavy atom. The molecule has 0 spiro atoms. The first-order valence-corrected chi connectivity index (χ1v) is 8.22. The Hall–Kier alpha value is -1.94. The quantitative estimate of drug-likeness (QED) is 0.875. The number of carbonyl (C=O) groups is 1. The molecule has 5 rings (SSSR count). The summed E-state index contributed by atoms with van der Waals surface area (Å²) >= 11 is 0. The van der Waals surface area contributed by atoms with Gasteiger partial charge in [-0.15, -0.1) is 0 Å². The third kappa shape index (κ3) is 1.56. The van der Waals surface area contributed by atoms with Gasteiger partial charge in [0.15, 0.2) is 0 Å². The number of amides is 1. The van der Waals surface area contributed by atoms with Crippen molar-refractivity contribution >= 4 is 16.8 Å². The fraction of sp³-hybridized carbons (Fsp3) is 0.444. The lowest BCUT2D eigenvalue weighted by Gasteiger charge is -2.25. The SMILES string of the molecule is O=C(c1cccc2cccnc12)N1[C@@H]2CC[C@H]1[C@H]1CNC[C@H]12. The Labute approximate surface area is 129 Å². The Balaban J connectivity index is 1.57. The van der Waals surface area contributed by atoms with Crippen molar-refractivity contribution in [3.05, 3.63) is 42.1 Å². The average molecular weight is 293 g/mol. The first kappa shape index (κ1) is 12.6. The molecule has 0 saturated carbocycles. The maximum atomic E-state index is 13.2. The summed E-state index contributed by atoms with van der Waals surface area (Å²) in [5.41, 5.74) is 1.60. The van der Waals surface area contributed by atoms with Crippen molar-refractivity contribution in [3.8, 4) is 0 Å². The molecule has 22 heavy (non-hydrogen) atoms. The molecule has 0 radical (unpaired) electrons. The second kappa shape index (κ2) is 4.53. The van der Waals surface area contributed by atoms with E-state index in [0.717, 1.165) is 42.4 Å². The van der Waals surface area contributed by atoms with Crippen LogP contribution in [0.3, 0.4) is 0 Å². The molecule has 3 fully saturated rings. The molecule has 1 aromatic carbocycles. The monoisotopic (exact) mass is 293 g/mol. The minimum Gasteiger partial charge on any atom is -0.332 e. The van der Waals surface area contributed by atoms with E-state index in [9.17, 15) is 4.79 Å². The Bertz CT molecular complexity index is 736. The van der Waals surface area contributed by atoms with E-state index in [1.54, 1.807) is 6.20 Å². The number of fused-ring (bicyclic) bond motifs is 6. The highest BCUT2D eigenvalue weighted by Crippen LogP contribution is 2.48. The minimum atomic E-state index is 0.186. The van der Waals surface area contributed by atoms with Crippen molar-refractivity contribution in [3.63, 3.8) is 0 Å². The molecule has 2 aromatic rings. The summed E-state index contributed by atoms with van der Waals surface area (Å²) in [4.78, 5) is 19.9. The van der Waals surface area contributed by atoms with Crippen LogP contribution in [0.2, 0.25) is 0 Å². The molecule has 2 bridgehead atoms. The van der Waals surface area contributed by atoms with Gasteiger partial charge >= 0.3 is 0 Å². The minimum absolute atomic E-state index is 0.186. The largest absolute Gasteiger partial charge is 0.332 e. The van der Waals surface area contributed by atoms with Crippen molar-refractivity contribution in [2.75, 3.05) is 13.1 Å². The number of aromatic nitrogens is 1. The molecular formula is C18H19N3O. The highest BCUT2D eigenvalue weighted by atomic mass is 16.2. The van der Waals surface area contributed by atoms with Crippen LogP contribution in [0, 0.1) is 11.8 Å².